The van der Waals surface area contributed by atoms with E-state index in [-0.39, 0.29) is 30.0 Å². The van der Waals surface area contributed by atoms with Gasteiger partial charge in [0.25, 0.3) is 0 Å². The molecule has 2 aromatic carbocycles. The normalized spacial score (nSPS) is 13.5. The number of nitriles is 1. The lowest BCUT2D eigenvalue weighted by molar-refractivity contribution is -0.145. The van der Waals surface area contributed by atoms with Crippen LogP contribution in [0.4, 0.5) is 0 Å². The number of hydrogen-bond donors (Lipinski definition) is 0. The molecule has 0 spiro atoms. The summed E-state index contributed by atoms with van der Waals surface area (Å²) in [4.78, 5) is 35.3. The fourth-order valence-electron chi connectivity index (χ4n) is 3.43. The van der Waals surface area contributed by atoms with Crippen molar-refractivity contribution in [3.05, 3.63) is 38.6 Å². The number of unbranched alkanes of at least 4 members (excludes halogenated alkanes) is 2. The highest BCUT2D eigenvalue weighted by atomic mass is 28.4. The molecule has 7 nitrogen and oxygen atoms in total. The van der Waals surface area contributed by atoms with Gasteiger partial charge in [0.05, 0.1) is 30.6 Å². The van der Waals surface area contributed by atoms with Crippen molar-refractivity contribution in [1.82, 2.24) is 0 Å². The third kappa shape index (κ3) is 8.04. The van der Waals surface area contributed by atoms with Gasteiger partial charge in [-0.25, -0.2) is 0 Å². The van der Waals surface area contributed by atoms with E-state index in [9.17, 15) is 14.4 Å². The van der Waals surface area contributed by atoms with Crippen molar-refractivity contribution in [3.8, 4) is 23.7 Å². The number of esters is 1. The molecule has 0 amide bonds. The lowest BCUT2D eigenvalue weighted by Crippen LogP contribution is -2.43. The van der Waals surface area contributed by atoms with E-state index in [0.29, 0.717) is 42.4 Å². The van der Waals surface area contributed by atoms with Crippen LogP contribution >= 0.6 is 0 Å². The summed E-state index contributed by atoms with van der Waals surface area (Å²) in [5.74, 6) is 6.10. The van der Waals surface area contributed by atoms with Crippen molar-refractivity contribution in [2.75, 3.05) is 6.61 Å². The van der Waals surface area contributed by atoms with Gasteiger partial charge in [-0.3, -0.25) is 14.4 Å². The Morgan fingerprint density at radius 1 is 1.08 bits per heavy atom. The molecule has 2 aromatic rings. The van der Waals surface area contributed by atoms with E-state index in [0.717, 1.165) is 6.42 Å². The van der Waals surface area contributed by atoms with E-state index in [4.69, 9.17) is 19.2 Å². The average Bonchev–Trinajstić information content (AvgIpc) is 2.79. The van der Waals surface area contributed by atoms with Crippen LogP contribution in [0.3, 0.4) is 0 Å². The summed E-state index contributed by atoms with van der Waals surface area (Å²) in [6, 6.07) is 7.18. The first-order valence-corrected chi connectivity index (χ1v) is 15.4. The lowest BCUT2D eigenvalue weighted by atomic mass is 10.0. The first kappa shape index (κ1) is 29.3. The fraction of sp³-hybridized carbons (Fsp3) is 0.571. The van der Waals surface area contributed by atoms with Crippen LogP contribution in [-0.2, 0) is 14.0 Å². The van der Waals surface area contributed by atoms with Gasteiger partial charge < -0.3 is 13.9 Å². The van der Waals surface area contributed by atoms with Crippen LogP contribution in [0.25, 0.3) is 10.8 Å². The van der Waals surface area contributed by atoms with E-state index in [2.05, 4.69) is 51.8 Å². The molecule has 2 rings (SSSR count). The fourth-order valence-corrected chi connectivity index (χ4v) is 4.78. The average molecular weight is 512 g/mol. The van der Waals surface area contributed by atoms with E-state index in [1.165, 1.54) is 0 Å². The molecule has 8 heteroatoms. The zero-order valence-electron chi connectivity index (χ0n) is 22.2. The van der Waals surface area contributed by atoms with Crippen LogP contribution in [0.1, 0.15) is 66.2 Å². The van der Waals surface area contributed by atoms with Crippen molar-refractivity contribution in [2.24, 2.45) is 0 Å². The highest BCUT2D eigenvalue weighted by Crippen LogP contribution is 2.37. The summed E-state index contributed by atoms with van der Waals surface area (Å²) in [6.07, 6.45) is 2.32. The van der Waals surface area contributed by atoms with Gasteiger partial charge in [0.15, 0.2) is 14.4 Å². The molecular weight excluding hydrogens is 474 g/mol. The summed E-state index contributed by atoms with van der Waals surface area (Å²) >= 11 is 0. The number of ether oxygens (including phenoxy) is 2. The standard InChI is InChI=1S/C28H37NO6Si/c1-20(12-10-13-21(17-18-29)35-36(5,6)28(2,3)4)34-24(30)16-8-7-9-19-33-23-15-11-14-22-25(23)27(32)26(22)31/h11,14-15,20-21H,7-9,13,16-17,19H2,1-6H3. The maximum absolute atomic E-state index is 12.1. The maximum atomic E-state index is 12.1. The van der Waals surface area contributed by atoms with Gasteiger partial charge >= 0.3 is 5.97 Å². The molecule has 0 saturated heterocycles. The van der Waals surface area contributed by atoms with Crippen molar-refractivity contribution in [1.29, 1.82) is 5.26 Å². The lowest BCUT2D eigenvalue weighted by Gasteiger charge is -2.38. The Hall–Kier alpha value is -2.94. The molecule has 0 heterocycles. The van der Waals surface area contributed by atoms with Gasteiger partial charge in [-0.05, 0) is 56.5 Å². The molecule has 0 aliphatic rings. The summed E-state index contributed by atoms with van der Waals surface area (Å²) in [5, 5.41) is 9.97. The largest absolute Gasteiger partial charge is 0.493 e. The number of rotatable bonds is 12. The third-order valence-corrected chi connectivity index (χ3v) is 11.1. The molecule has 36 heavy (non-hydrogen) atoms. The zero-order valence-corrected chi connectivity index (χ0v) is 23.2. The second kappa shape index (κ2) is 12.8. The third-order valence-electron chi connectivity index (χ3n) is 6.52. The van der Waals surface area contributed by atoms with E-state index >= 15 is 0 Å². The second-order valence-electron chi connectivity index (χ2n) is 10.5. The first-order chi connectivity index (χ1) is 16.9. The molecule has 0 aromatic heterocycles. The molecule has 0 aliphatic carbocycles. The molecule has 0 saturated carbocycles. The number of nitrogens with zero attached hydrogens (tertiary/aromatic N) is 1. The molecule has 0 N–H and O–H groups in total. The van der Waals surface area contributed by atoms with Gasteiger partial charge in [-0.15, -0.1) is 0 Å². The van der Waals surface area contributed by atoms with Crippen molar-refractivity contribution < 1.29 is 18.7 Å². The number of benzene rings is 1. The summed E-state index contributed by atoms with van der Waals surface area (Å²) in [5.41, 5.74) is -0.960. The van der Waals surface area contributed by atoms with Crippen LogP contribution in [0.15, 0.2) is 27.8 Å². The topological polar surface area (TPSA) is 103 Å². The number of hydrogen-bond acceptors (Lipinski definition) is 7. The number of carbonyl (C=O) groups is 1. The van der Waals surface area contributed by atoms with Gasteiger partial charge in [-0.1, -0.05) is 38.7 Å². The van der Waals surface area contributed by atoms with Gasteiger partial charge in [0, 0.05) is 18.2 Å². The van der Waals surface area contributed by atoms with Gasteiger partial charge in [0.2, 0.25) is 10.9 Å². The molecule has 0 aliphatic heterocycles. The Bertz CT molecular complexity index is 1220. The minimum atomic E-state index is -2.00. The van der Waals surface area contributed by atoms with Crippen LogP contribution in [0.5, 0.6) is 5.75 Å². The Balaban J connectivity index is 1.68. The molecule has 194 valence electrons. The van der Waals surface area contributed by atoms with Crippen LogP contribution < -0.4 is 15.6 Å². The van der Waals surface area contributed by atoms with E-state index < -0.39 is 25.3 Å². The summed E-state index contributed by atoms with van der Waals surface area (Å²) in [6.45, 7) is 12.9. The minimum absolute atomic E-state index is 0.0464. The Morgan fingerprint density at radius 2 is 1.81 bits per heavy atom. The highest BCUT2D eigenvalue weighted by molar-refractivity contribution is 6.74. The molecule has 2 atom stereocenters. The monoisotopic (exact) mass is 511 g/mol. The highest BCUT2D eigenvalue weighted by Gasteiger charge is 2.39. The van der Waals surface area contributed by atoms with Crippen molar-refractivity contribution in [3.63, 3.8) is 0 Å². The Morgan fingerprint density at radius 3 is 2.47 bits per heavy atom. The van der Waals surface area contributed by atoms with Crippen LogP contribution in [0, 0.1) is 23.2 Å². The Labute approximate surface area is 214 Å². The predicted molar refractivity (Wildman–Crippen MR) is 143 cm³/mol. The maximum Gasteiger partial charge on any atom is 0.307 e. The molecular formula is C28H37NO6Si. The zero-order chi connectivity index (χ0) is 26.9. The summed E-state index contributed by atoms with van der Waals surface area (Å²) < 4.78 is 17.3. The van der Waals surface area contributed by atoms with Crippen LogP contribution in [0.2, 0.25) is 18.1 Å². The predicted octanol–water partition coefficient (Wildman–Crippen LogP) is 5.00. The van der Waals surface area contributed by atoms with E-state index in [1.807, 2.05) is 0 Å². The second-order valence-corrected chi connectivity index (χ2v) is 15.3. The van der Waals surface area contributed by atoms with Crippen molar-refractivity contribution >= 4 is 25.1 Å². The van der Waals surface area contributed by atoms with Gasteiger partial charge in [0.1, 0.15) is 5.75 Å². The van der Waals surface area contributed by atoms with Crippen molar-refractivity contribution in [2.45, 2.75) is 96.6 Å². The first-order valence-electron chi connectivity index (χ1n) is 12.4. The molecule has 0 fully saturated rings. The van der Waals surface area contributed by atoms with Gasteiger partial charge in [-0.2, -0.15) is 5.26 Å². The smallest absolute Gasteiger partial charge is 0.307 e. The molecule has 0 bridgehead atoms. The minimum Gasteiger partial charge on any atom is -0.493 e. The quantitative estimate of drug-likeness (QED) is 0.130. The SMILES string of the molecule is CC(C#CCC(CC#N)O[Si](C)(C)C(C)(C)C)OC(=O)CCCCCOc1cccc2c(=O)c(=O)c12. The van der Waals surface area contributed by atoms with Crippen LogP contribution in [-0.4, -0.2) is 33.1 Å². The Kier molecular flexibility index (Phi) is 10.5. The molecule has 0 radical (unpaired) electrons. The number of fused-ring (bicyclic) bond motifs is 1. The number of carbonyl (C=O) groups excluding carboxylic acids is 1. The summed E-state index contributed by atoms with van der Waals surface area (Å²) in [7, 11) is -2.00. The molecule has 2 unspecified atom stereocenters. The van der Waals surface area contributed by atoms with E-state index in [1.54, 1.807) is 25.1 Å².